The van der Waals surface area contributed by atoms with Gasteiger partial charge in [-0.15, -0.1) is 0 Å². The summed E-state index contributed by atoms with van der Waals surface area (Å²) in [6.07, 6.45) is 0.176. The number of unbranched alkanes of at least 4 members (excludes halogenated alkanes) is 1. The van der Waals surface area contributed by atoms with Crippen LogP contribution < -0.4 is 10.6 Å². The number of benzene rings is 3. The minimum atomic E-state index is -1.30. The number of carboxylic acid groups (broad SMARTS) is 2. The summed E-state index contributed by atoms with van der Waals surface area (Å²) in [6, 6.07) is 21.0. The van der Waals surface area contributed by atoms with Gasteiger partial charge in [0.25, 0.3) is 0 Å². The van der Waals surface area contributed by atoms with Crippen LogP contribution in [0.2, 0.25) is 0 Å². The zero-order chi connectivity index (χ0) is 29.6. The van der Waals surface area contributed by atoms with Crippen molar-refractivity contribution in [3.05, 3.63) is 83.9 Å². The highest BCUT2D eigenvalue weighted by atomic mass is 16.5. The van der Waals surface area contributed by atoms with Crippen LogP contribution in [0.3, 0.4) is 0 Å². The highest BCUT2D eigenvalue weighted by Gasteiger charge is 2.24. The Balaban J connectivity index is 1.44. The van der Waals surface area contributed by atoms with E-state index in [0.717, 1.165) is 21.2 Å². The van der Waals surface area contributed by atoms with E-state index in [1.165, 1.54) is 0 Å². The minimum absolute atomic E-state index is 0.0752. The summed E-state index contributed by atoms with van der Waals surface area (Å²) in [5.74, 6) is -3.92. The molecule has 0 saturated carbocycles. The van der Waals surface area contributed by atoms with Gasteiger partial charge in [-0.2, -0.15) is 0 Å². The number of amides is 3. The summed E-state index contributed by atoms with van der Waals surface area (Å²) in [6.45, 7) is -0.923. The van der Waals surface area contributed by atoms with E-state index in [1.807, 2.05) is 66.7 Å². The van der Waals surface area contributed by atoms with E-state index in [-0.39, 0.29) is 26.0 Å². The SMILES string of the molecule is O=C(O)CN(CC(=O)N[C@H](CCCCNC(=O)OCc1ccccc1)C(=O)O)C(=O)Cc1ccc2ccccc2c1. The van der Waals surface area contributed by atoms with E-state index in [0.29, 0.717) is 18.4 Å². The molecule has 0 fully saturated rings. The van der Waals surface area contributed by atoms with Crippen molar-refractivity contribution in [3.8, 4) is 0 Å². The summed E-state index contributed by atoms with van der Waals surface area (Å²) in [5, 5.41) is 25.7. The van der Waals surface area contributed by atoms with Gasteiger partial charge < -0.3 is 30.5 Å². The normalized spacial score (nSPS) is 11.3. The Labute approximate surface area is 237 Å². The van der Waals surface area contributed by atoms with Gasteiger partial charge in [0.1, 0.15) is 25.7 Å². The molecule has 0 aliphatic rings. The molecule has 0 spiro atoms. The monoisotopic (exact) mass is 563 g/mol. The molecule has 0 aliphatic carbocycles. The van der Waals surface area contributed by atoms with E-state index in [4.69, 9.17) is 4.74 Å². The lowest BCUT2D eigenvalue weighted by Gasteiger charge is -2.22. The molecule has 3 aromatic rings. The number of nitrogens with one attached hydrogen (secondary N) is 2. The van der Waals surface area contributed by atoms with E-state index >= 15 is 0 Å². The summed E-state index contributed by atoms with van der Waals surface area (Å²) >= 11 is 0. The van der Waals surface area contributed by atoms with E-state index in [9.17, 15) is 34.2 Å². The number of carbonyl (C=O) groups excluding carboxylic acids is 3. The first-order valence-electron chi connectivity index (χ1n) is 13.1. The quantitative estimate of drug-likeness (QED) is 0.205. The lowest BCUT2D eigenvalue weighted by Crippen LogP contribution is -2.48. The second-order valence-corrected chi connectivity index (χ2v) is 9.44. The molecule has 0 aromatic heterocycles. The number of alkyl carbamates (subject to hydrolysis) is 1. The second-order valence-electron chi connectivity index (χ2n) is 9.44. The third-order valence-electron chi connectivity index (χ3n) is 6.22. The Hall–Kier alpha value is -4.93. The van der Waals surface area contributed by atoms with Crippen molar-refractivity contribution >= 4 is 40.6 Å². The molecule has 11 nitrogen and oxygen atoms in total. The number of aliphatic carboxylic acids is 2. The smallest absolute Gasteiger partial charge is 0.407 e. The number of hydrogen-bond donors (Lipinski definition) is 4. The van der Waals surface area contributed by atoms with Gasteiger partial charge >= 0.3 is 18.0 Å². The molecular weight excluding hydrogens is 530 g/mol. The van der Waals surface area contributed by atoms with Crippen molar-refractivity contribution in [1.29, 1.82) is 0 Å². The van der Waals surface area contributed by atoms with E-state index in [1.54, 1.807) is 6.07 Å². The molecule has 3 rings (SSSR count). The fraction of sp³-hybridized carbons (Fsp3) is 0.300. The maximum absolute atomic E-state index is 12.9. The third kappa shape index (κ3) is 10.6. The molecule has 3 amide bonds. The maximum Gasteiger partial charge on any atom is 0.407 e. The zero-order valence-corrected chi connectivity index (χ0v) is 22.5. The summed E-state index contributed by atoms with van der Waals surface area (Å²) in [7, 11) is 0. The summed E-state index contributed by atoms with van der Waals surface area (Å²) in [5.41, 5.74) is 1.51. The van der Waals surface area contributed by atoms with Gasteiger partial charge in [-0.1, -0.05) is 72.8 Å². The number of hydrogen-bond acceptors (Lipinski definition) is 6. The average Bonchev–Trinajstić information content (AvgIpc) is 2.95. The second kappa shape index (κ2) is 15.6. The van der Waals surface area contributed by atoms with Gasteiger partial charge in [0.15, 0.2) is 0 Å². The zero-order valence-electron chi connectivity index (χ0n) is 22.5. The largest absolute Gasteiger partial charge is 0.480 e. The van der Waals surface area contributed by atoms with Gasteiger partial charge in [0.2, 0.25) is 11.8 Å². The third-order valence-corrected chi connectivity index (χ3v) is 6.22. The Bertz CT molecular complexity index is 1360. The lowest BCUT2D eigenvalue weighted by atomic mass is 10.0. The lowest BCUT2D eigenvalue weighted by molar-refractivity contribution is -0.147. The molecule has 216 valence electrons. The molecule has 3 aromatic carbocycles. The van der Waals surface area contributed by atoms with Crippen LogP contribution in [0.15, 0.2) is 72.8 Å². The van der Waals surface area contributed by atoms with E-state index in [2.05, 4.69) is 10.6 Å². The fourth-order valence-electron chi connectivity index (χ4n) is 4.14. The fourth-order valence-corrected chi connectivity index (χ4v) is 4.14. The Morgan fingerprint density at radius 2 is 1.51 bits per heavy atom. The average molecular weight is 564 g/mol. The van der Waals surface area contributed by atoms with E-state index < -0.39 is 49.0 Å². The molecule has 0 saturated heterocycles. The Morgan fingerprint density at radius 3 is 2.22 bits per heavy atom. The van der Waals surface area contributed by atoms with Crippen molar-refractivity contribution in [1.82, 2.24) is 15.5 Å². The van der Waals surface area contributed by atoms with Gasteiger partial charge in [0.05, 0.1) is 6.42 Å². The minimum Gasteiger partial charge on any atom is -0.480 e. The Kier molecular flexibility index (Phi) is 11.7. The van der Waals surface area contributed by atoms with Gasteiger partial charge in [0, 0.05) is 6.54 Å². The van der Waals surface area contributed by atoms with Gasteiger partial charge in [-0.25, -0.2) is 9.59 Å². The molecule has 1 atom stereocenters. The number of nitrogens with zero attached hydrogens (tertiary/aromatic N) is 1. The number of rotatable bonds is 15. The standard InChI is InChI=1S/C30H33N3O8/c34-26(18-33(19-28(36)37)27(35)17-22-13-14-23-10-4-5-11-24(23)16-22)32-25(29(38)39)12-6-7-15-31-30(40)41-20-21-8-2-1-3-9-21/h1-5,8-11,13-14,16,25H,6-7,12,15,17-20H2,(H,31,40)(H,32,34)(H,36,37)(H,38,39)/t25-/m1/s1. The van der Waals surface area contributed by atoms with Crippen molar-refractivity contribution in [2.45, 2.75) is 38.3 Å². The van der Waals surface area contributed by atoms with Crippen LogP contribution in [0.25, 0.3) is 10.8 Å². The van der Waals surface area contributed by atoms with Crippen LogP contribution in [0.4, 0.5) is 4.79 Å². The summed E-state index contributed by atoms with van der Waals surface area (Å²) < 4.78 is 5.11. The van der Waals surface area contributed by atoms with Crippen molar-refractivity contribution in [2.75, 3.05) is 19.6 Å². The van der Waals surface area contributed by atoms with Crippen LogP contribution in [0.1, 0.15) is 30.4 Å². The van der Waals surface area contributed by atoms with Crippen molar-refractivity contribution < 1.29 is 38.9 Å². The predicted octanol–water partition coefficient (Wildman–Crippen LogP) is 2.96. The highest BCUT2D eigenvalue weighted by molar-refractivity contribution is 5.91. The predicted molar refractivity (Wildman–Crippen MR) is 150 cm³/mol. The van der Waals surface area contributed by atoms with Crippen LogP contribution in [-0.4, -0.2) is 70.6 Å². The van der Waals surface area contributed by atoms with Crippen LogP contribution in [-0.2, 0) is 36.9 Å². The molecule has 0 unspecified atom stereocenters. The molecule has 0 radical (unpaired) electrons. The maximum atomic E-state index is 12.9. The number of ether oxygens (including phenoxy) is 1. The van der Waals surface area contributed by atoms with Crippen LogP contribution in [0, 0.1) is 0 Å². The number of carboxylic acids is 2. The van der Waals surface area contributed by atoms with Crippen molar-refractivity contribution in [3.63, 3.8) is 0 Å². The number of carbonyl (C=O) groups is 5. The first kappa shape index (κ1) is 30.6. The van der Waals surface area contributed by atoms with Crippen LogP contribution >= 0.6 is 0 Å². The molecule has 4 N–H and O–H groups in total. The molecular formula is C30H33N3O8. The molecule has 0 bridgehead atoms. The molecule has 41 heavy (non-hydrogen) atoms. The first-order valence-corrected chi connectivity index (χ1v) is 13.1. The molecule has 11 heteroatoms. The number of fused-ring (bicyclic) bond motifs is 1. The Morgan fingerprint density at radius 1 is 0.805 bits per heavy atom. The highest BCUT2D eigenvalue weighted by Crippen LogP contribution is 2.16. The van der Waals surface area contributed by atoms with Crippen molar-refractivity contribution in [2.24, 2.45) is 0 Å². The van der Waals surface area contributed by atoms with Gasteiger partial charge in [-0.3, -0.25) is 14.4 Å². The first-order chi connectivity index (χ1) is 19.7. The molecule has 0 heterocycles. The summed E-state index contributed by atoms with van der Waals surface area (Å²) in [4.78, 5) is 61.3. The van der Waals surface area contributed by atoms with Gasteiger partial charge in [-0.05, 0) is 41.2 Å². The molecule has 0 aliphatic heterocycles. The van der Waals surface area contributed by atoms with Crippen LogP contribution in [0.5, 0.6) is 0 Å². The topological polar surface area (TPSA) is 162 Å².